The van der Waals surface area contributed by atoms with Crippen LogP contribution in [0.4, 0.5) is 10.1 Å². The molecule has 11 heteroatoms. The van der Waals surface area contributed by atoms with Crippen LogP contribution in [0.2, 0.25) is 0 Å². The molecule has 0 unspecified atom stereocenters. The molecule has 45 heavy (non-hydrogen) atoms. The molecule has 1 fully saturated rings. The molecule has 1 amide bonds. The largest absolute Gasteiger partial charge is 0.393 e. The third-order valence-corrected chi connectivity index (χ3v) is 8.35. The first-order valence-electron chi connectivity index (χ1n) is 14.5. The fourth-order valence-corrected chi connectivity index (χ4v) is 5.54. The van der Waals surface area contributed by atoms with Crippen molar-refractivity contribution in [1.82, 2.24) is 4.72 Å². The molecule has 1 aliphatic heterocycles. The summed E-state index contributed by atoms with van der Waals surface area (Å²) < 4.78 is 38.1. The summed E-state index contributed by atoms with van der Waals surface area (Å²) >= 11 is 0. The molecule has 3 atom stereocenters. The Morgan fingerprint density at radius 1 is 1.02 bits per heavy atom. The normalized spacial score (nSPS) is 17.6. The van der Waals surface area contributed by atoms with Crippen LogP contribution >= 0.6 is 0 Å². The standard InChI is InChI=1S/C34H37FN2O7S/c1-45(43,44)36-21-3-2-4-24-7-15-29(16-8-24)37-32(27-9-5-25(6-10-27)19-20-34(42,22-38)23-39)30(33(37)41)17-18-31(40)26-11-13-28(35)14-12-26/h5-16,19-20,30-32,36,38-40,42H,3,17-18,21-23H2,1H3/b20-19+/t30-,31+,32-/m1/s1. The number of anilines is 1. The maximum atomic E-state index is 13.5. The lowest BCUT2D eigenvalue weighted by atomic mass is 9.78. The van der Waals surface area contributed by atoms with E-state index in [-0.39, 0.29) is 18.5 Å². The van der Waals surface area contributed by atoms with Gasteiger partial charge in [-0.05, 0) is 72.0 Å². The van der Waals surface area contributed by atoms with Gasteiger partial charge in [-0.15, -0.1) is 0 Å². The number of sulfonamides is 1. The maximum Gasteiger partial charge on any atom is 0.233 e. The number of halogens is 1. The van der Waals surface area contributed by atoms with Crippen molar-refractivity contribution in [3.63, 3.8) is 0 Å². The van der Waals surface area contributed by atoms with Crippen LogP contribution in [0, 0.1) is 23.6 Å². The van der Waals surface area contributed by atoms with Gasteiger partial charge in [0.05, 0.1) is 37.5 Å². The van der Waals surface area contributed by atoms with Crippen LogP contribution in [0.5, 0.6) is 0 Å². The SMILES string of the molecule is CS(=O)(=O)NCCC#Cc1ccc(N2C(=O)[C@H](CC[C@H](O)c3ccc(F)cc3)[C@H]2c2ccc(/C=C/C(O)(CO)CO)cc2)cc1. The van der Waals surface area contributed by atoms with E-state index in [1.807, 2.05) is 24.3 Å². The molecule has 3 aromatic carbocycles. The van der Waals surface area contributed by atoms with Gasteiger partial charge < -0.3 is 25.3 Å². The molecule has 238 valence electrons. The highest BCUT2D eigenvalue weighted by Crippen LogP contribution is 2.46. The fraction of sp³-hybridized carbons (Fsp3) is 0.324. The number of aliphatic hydroxyl groups is 4. The average Bonchev–Trinajstić information content (AvgIpc) is 3.03. The Balaban J connectivity index is 1.53. The van der Waals surface area contributed by atoms with Crippen LogP contribution < -0.4 is 9.62 Å². The van der Waals surface area contributed by atoms with Crippen LogP contribution in [-0.4, -0.2) is 66.4 Å². The van der Waals surface area contributed by atoms with E-state index < -0.39 is 46.7 Å². The van der Waals surface area contributed by atoms with Gasteiger partial charge in [-0.3, -0.25) is 4.79 Å². The van der Waals surface area contributed by atoms with Crippen molar-refractivity contribution >= 4 is 27.7 Å². The number of carbonyl (C=O) groups excluding carboxylic acids is 1. The molecule has 1 aliphatic rings. The quantitative estimate of drug-likeness (QED) is 0.110. The van der Waals surface area contributed by atoms with E-state index in [1.165, 1.54) is 30.3 Å². The van der Waals surface area contributed by atoms with Gasteiger partial charge >= 0.3 is 0 Å². The van der Waals surface area contributed by atoms with Crippen LogP contribution in [0.15, 0.2) is 78.9 Å². The van der Waals surface area contributed by atoms with Gasteiger partial charge in [0.25, 0.3) is 0 Å². The van der Waals surface area contributed by atoms with Crippen molar-refractivity contribution in [3.8, 4) is 11.8 Å². The zero-order valence-corrected chi connectivity index (χ0v) is 25.6. The van der Waals surface area contributed by atoms with Crippen LogP contribution in [-0.2, 0) is 14.8 Å². The number of amides is 1. The molecule has 3 aromatic rings. The number of benzene rings is 3. The molecule has 0 aromatic heterocycles. The summed E-state index contributed by atoms with van der Waals surface area (Å²) in [5.74, 6) is 5.00. The lowest BCUT2D eigenvalue weighted by Gasteiger charge is -2.48. The molecule has 5 N–H and O–H groups in total. The molecule has 9 nitrogen and oxygen atoms in total. The molecule has 0 saturated carbocycles. The molecule has 0 radical (unpaired) electrons. The number of hydrogen-bond donors (Lipinski definition) is 5. The van der Waals surface area contributed by atoms with Crippen molar-refractivity contribution in [1.29, 1.82) is 0 Å². The third kappa shape index (κ3) is 9.08. The Kier molecular flexibility index (Phi) is 11.3. The Labute approximate surface area is 262 Å². The molecule has 0 bridgehead atoms. The molecule has 0 aliphatic carbocycles. The number of carbonyl (C=O) groups is 1. The first-order valence-corrected chi connectivity index (χ1v) is 16.4. The Morgan fingerprint density at radius 3 is 2.27 bits per heavy atom. The van der Waals surface area contributed by atoms with Crippen molar-refractivity contribution < 1.29 is 38.0 Å². The first-order chi connectivity index (χ1) is 21.4. The van der Waals surface area contributed by atoms with E-state index in [1.54, 1.807) is 35.2 Å². The van der Waals surface area contributed by atoms with Crippen molar-refractivity contribution in [2.75, 3.05) is 30.9 Å². The van der Waals surface area contributed by atoms with E-state index in [0.29, 0.717) is 41.6 Å². The number of rotatable bonds is 13. The topological polar surface area (TPSA) is 147 Å². The highest BCUT2D eigenvalue weighted by molar-refractivity contribution is 7.88. The fourth-order valence-electron chi connectivity index (χ4n) is 5.07. The second-order valence-corrected chi connectivity index (χ2v) is 12.9. The van der Waals surface area contributed by atoms with Crippen molar-refractivity contribution in [2.45, 2.75) is 37.0 Å². The minimum Gasteiger partial charge on any atom is -0.393 e. The monoisotopic (exact) mass is 636 g/mol. The van der Waals surface area contributed by atoms with Gasteiger partial charge in [-0.25, -0.2) is 17.5 Å². The summed E-state index contributed by atoms with van der Waals surface area (Å²) in [4.78, 5) is 15.2. The van der Waals surface area contributed by atoms with E-state index in [2.05, 4.69) is 16.6 Å². The van der Waals surface area contributed by atoms with E-state index >= 15 is 0 Å². The minimum atomic E-state index is -3.27. The van der Waals surface area contributed by atoms with E-state index in [0.717, 1.165) is 11.8 Å². The second-order valence-electron chi connectivity index (χ2n) is 11.1. The smallest absolute Gasteiger partial charge is 0.233 e. The lowest BCUT2D eigenvalue weighted by Crippen LogP contribution is -2.55. The molecule has 1 heterocycles. The van der Waals surface area contributed by atoms with Gasteiger partial charge in [0.1, 0.15) is 11.4 Å². The second kappa shape index (κ2) is 14.9. The number of β-lactam (4-membered cyclic amide) rings is 1. The van der Waals surface area contributed by atoms with Crippen molar-refractivity contribution in [3.05, 3.63) is 107 Å². The maximum absolute atomic E-state index is 13.5. The van der Waals surface area contributed by atoms with Gasteiger partial charge in [0.15, 0.2) is 0 Å². The summed E-state index contributed by atoms with van der Waals surface area (Å²) in [6.07, 6.45) is 4.19. The third-order valence-electron chi connectivity index (χ3n) is 7.62. The van der Waals surface area contributed by atoms with E-state index in [9.17, 15) is 38.0 Å². The van der Waals surface area contributed by atoms with Crippen LogP contribution in [0.3, 0.4) is 0 Å². The Hall–Kier alpha value is -3.89. The van der Waals surface area contributed by atoms with Crippen molar-refractivity contribution in [2.24, 2.45) is 5.92 Å². The predicted octanol–water partition coefficient (Wildman–Crippen LogP) is 3.06. The van der Waals surface area contributed by atoms with Gasteiger partial charge in [0, 0.05) is 24.2 Å². The van der Waals surface area contributed by atoms with Gasteiger partial charge in [-0.1, -0.05) is 54.3 Å². The van der Waals surface area contributed by atoms with Gasteiger partial charge in [-0.2, -0.15) is 0 Å². The zero-order valence-electron chi connectivity index (χ0n) is 24.8. The average molecular weight is 637 g/mol. The van der Waals surface area contributed by atoms with Crippen LogP contribution in [0.1, 0.15) is 53.7 Å². The highest BCUT2D eigenvalue weighted by atomic mass is 32.2. The molecule has 0 spiro atoms. The number of nitrogens with one attached hydrogen (secondary N) is 1. The number of aliphatic hydroxyl groups excluding tert-OH is 3. The minimum absolute atomic E-state index is 0.100. The predicted molar refractivity (Wildman–Crippen MR) is 170 cm³/mol. The Morgan fingerprint density at radius 2 is 1.67 bits per heavy atom. The molecular formula is C34H37FN2O7S. The first kappa shape index (κ1) is 34.0. The number of nitrogens with zero attached hydrogens (tertiary/aromatic N) is 1. The Bertz CT molecular complexity index is 1640. The zero-order chi connectivity index (χ0) is 32.6. The summed E-state index contributed by atoms with van der Waals surface area (Å²) in [6.45, 7) is -1.05. The lowest BCUT2D eigenvalue weighted by molar-refractivity contribution is -0.131. The number of hydrogen-bond acceptors (Lipinski definition) is 7. The van der Waals surface area contributed by atoms with E-state index in [4.69, 9.17) is 0 Å². The molecular weight excluding hydrogens is 599 g/mol. The molecule has 1 saturated heterocycles. The summed E-state index contributed by atoms with van der Waals surface area (Å²) in [5.41, 5.74) is 1.79. The summed E-state index contributed by atoms with van der Waals surface area (Å²) in [6, 6.07) is 19.8. The van der Waals surface area contributed by atoms with Gasteiger partial charge in [0.2, 0.25) is 15.9 Å². The molecule has 4 rings (SSSR count). The van der Waals surface area contributed by atoms with Crippen LogP contribution in [0.25, 0.3) is 6.08 Å². The summed E-state index contributed by atoms with van der Waals surface area (Å²) in [7, 11) is -3.27. The highest BCUT2D eigenvalue weighted by Gasteiger charge is 2.48. The summed E-state index contributed by atoms with van der Waals surface area (Å²) in [5, 5.41) is 39.5.